The maximum Gasteiger partial charge on any atom is 0.0470 e. The first-order valence-corrected chi connectivity index (χ1v) is 7.86. The van der Waals surface area contributed by atoms with Crippen molar-refractivity contribution in [2.45, 2.75) is 47.6 Å². The van der Waals surface area contributed by atoms with E-state index < -0.39 is 0 Å². The average Bonchev–Trinajstić information content (AvgIpc) is 2.33. The molecule has 0 aliphatic heterocycles. The van der Waals surface area contributed by atoms with Crippen LogP contribution in [-0.4, -0.2) is 24.5 Å². The smallest absolute Gasteiger partial charge is 0.0470 e. The van der Waals surface area contributed by atoms with Gasteiger partial charge in [0.1, 0.15) is 0 Å². The molecule has 2 N–H and O–H groups in total. The third-order valence-electron chi connectivity index (χ3n) is 3.78. The van der Waals surface area contributed by atoms with Crippen LogP contribution in [0.15, 0.2) is 18.2 Å². The number of rotatable bonds is 7. The molecule has 0 aromatic heterocycles. The van der Waals surface area contributed by atoms with E-state index >= 15 is 0 Å². The molecule has 114 valence electrons. The van der Waals surface area contributed by atoms with E-state index in [4.69, 9.17) is 5.73 Å². The zero-order valence-corrected chi connectivity index (χ0v) is 14.1. The summed E-state index contributed by atoms with van der Waals surface area (Å²) in [5, 5.41) is 0. The summed E-state index contributed by atoms with van der Waals surface area (Å²) in [5.74, 6) is 1.32. The molecular weight excluding hydrogens is 244 g/mol. The van der Waals surface area contributed by atoms with Crippen molar-refractivity contribution < 1.29 is 0 Å². The Kier molecular flexibility index (Phi) is 6.70. The Morgan fingerprint density at radius 1 is 0.950 bits per heavy atom. The molecule has 1 unspecified atom stereocenters. The predicted molar refractivity (Wildman–Crippen MR) is 89.0 cm³/mol. The standard InChI is InChI=1S/C18H32N2/c1-13(2)11-20(12-14(3)4)18(10-19)17-8-7-15(5)16(6)9-17/h7-9,13-14,18H,10-12,19H2,1-6H3. The van der Waals surface area contributed by atoms with Crippen molar-refractivity contribution in [2.75, 3.05) is 19.6 Å². The van der Waals surface area contributed by atoms with Crippen LogP contribution < -0.4 is 5.73 Å². The SMILES string of the molecule is Cc1ccc(C(CN)N(CC(C)C)CC(C)C)cc1C. The van der Waals surface area contributed by atoms with E-state index in [1.807, 2.05) is 0 Å². The second-order valence-corrected chi connectivity index (χ2v) is 6.84. The van der Waals surface area contributed by atoms with Crippen LogP contribution in [0.4, 0.5) is 0 Å². The molecule has 0 radical (unpaired) electrons. The maximum atomic E-state index is 6.10. The summed E-state index contributed by atoms with van der Waals surface area (Å²) in [6.07, 6.45) is 0. The van der Waals surface area contributed by atoms with E-state index in [2.05, 4.69) is 64.6 Å². The molecule has 20 heavy (non-hydrogen) atoms. The summed E-state index contributed by atoms with van der Waals surface area (Å²) < 4.78 is 0. The first-order valence-electron chi connectivity index (χ1n) is 7.86. The largest absolute Gasteiger partial charge is 0.329 e. The van der Waals surface area contributed by atoms with E-state index in [1.54, 1.807) is 0 Å². The van der Waals surface area contributed by atoms with E-state index in [0.717, 1.165) is 13.1 Å². The third kappa shape index (κ3) is 4.92. The van der Waals surface area contributed by atoms with Crippen molar-refractivity contribution in [3.8, 4) is 0 Å². The quantitative estimate of drug-likeness (QED) is 0.818. The van der Waals surface area contributed by atoms with Crippen LogP contribution in [0.25, 0.3) is 0 Å². The van der Waals surface area contributed by atoms with Crippen molar-refractivity contribution in [3.05, 3.63) is 34.9 Å². The molecular formula is C18H32N2. The molecule has 1 aromatic carbocycles. The number of hydrogen-bond donors (Lipinski definition) is 1. The molecule has 2 heteroatoms. The Labute approximate surface area is 125 Å². The van der Waals surface area contributed by atoms with Gasteiger partial charge in [0, 0.05) is 25.7 Å². The molecule has 0 saturated heterocycles. The molecule has 0 amide bonds. The highest BCUT2D eigenvalue weighted by molar-refractivity contribution is 5.32. The minimum atomic E-state index is 0.332. The van der Waals surface area contributed by atoms with E-state index in [9.17, 15) is 0 Å². The molecule has 0 aliphatic rings. The summed E-state index contributed by atoms with van der Waals surface area (Å²) >= 11 is 0. The highest BCUT2D eigenvalue weighted by Gasteiger charge is 2.21. The van der Waals surface area contributed by atoms with E-state index in [-0.39, 0.29) is 0 Å². The fraction of sp³-hybridized carbons (Fsp3) is 0.667. The zero-order chi connectivity index (χ0) is 15.3. The van der Waals surface area contributed by atoms with Crippen molar-refractivity contribution >= 4 is 0 Å². The molecule has 1 rings (SSSR count). The number of hydrogen-bond acceptors (Lipinski definition) is 2. The van der Waals surface area contributed by atoms with Gasteiger partial charge in [0.05, 0.1) is 0 Å². The second kappa shape index (κ2) is 7.80. The molecule has 0 saturated carbocycles. The van der Waals surface area contributed by atoms with Crippen molar-refractivity contribution in [1.29, 1.82) is 0 Å². The van der Waals surface area contributed by atoms with Crippen LogP contribution in [0.5, 0.6) is 0 Å². The number of nitrogens with zero attached hydrogens (tertiary/aromatic N) is 1. The lowest BCUT2D eigenvalue weighted by Crippen LogP contribution is -2.38. The fourth-order valence-electron chi connectivity index (χ4n) is 2.73. The van der Waals surface area contributed by atoms with Crippen LogP contribution in [0.1, 0.15) is 50.4 Å². The van der Waals surface area contributed by atoms with Crippen LogP contribution in [0, 0.1) is 25.7 Å². The lowest BCUT2D eigenvalue weighted by atomic mass is 9.98. The molecule has 0 aliphatic carbocycles. The maximum absolute atomic E-state index is 6.10. The average molecular weight is 276 g/mol. The summed E-state index contributed by atoms with van der Waals surface area (Å²) in [5.41, 5.74) is 10.2. The summed E-state index contributed by atoms with van der Waals surface area (Å²) in [7, 11) is 0. The number of benzene rings is 1. The predicted octanol–water partition coefficient (Wildman–Crippen LogP) is 3.92. The number of aryl methyl sites for hydroxylation is 2. The Morgan fingerprint density at radius 3 is 1.90 bits per heavy atom. The lowest BCUT2D eigenvalue weighted by Gasteiger charge is -2.34. The van der Waals surface area contributed by atoms with Gasteiger partial charge in [-0.3, -0.25) is 4.90 Å². The van der Waals surface area contributed by atoms with Crippen molar-refractivity contribution in [1.82, 2.24) is 4.90 Å². The van der Waals surface area contributed by atoms with Gasteiger partial charge in [-0.2, -0.15) is 0 Å². The van der Waals surface area contributed by atoms with E-state index in [1.165, 1.54) is 16.7 Å². The number of nitrogens with two attached hydrogens (primary N) is 1. The van der Waals surface area contributed by atoms with Gasteiger partial charge < -0.3 is 5.73 Å². The van der Waals surface area contributed by atoms with Gasteiger partial charge in [-0.25, -0.2) is 0 Å². The Hall–Kier alpha value is -0.860. The van der Waals surface area contributed by atoms with Gasteiger partial charge in [0.15, 0.2) is 0 Å². The lowest BCUT2D eigenvalue weighted by molar-refractivity contribution is 0.160. The van der Waals surface area contributed by atoms with Gasteiger partial charge >= 0.3 is 0 Å². The van der Waals surface area contributed by atoms with Crippen LogP contribution >= 0.6 is 0 Å². The monoisotopic (exact) mass is 276 g/mol. The highest BCUT2D eigenvalue weighted by Crippen LogP contribution is 2.24. The first kappa shape index (κ1) is 17.2. The van der Waals surface area contributed by atoms with Crippen LogP contribution in [-0.2, 0) is 0 Å². The molecule has 0 heterocycles. The third-order valence-corrected chi connectivity index (χ3v) is 3.78. The molecule has 1 atom stereocenters. The van der Waals surface area contributed by atoms with Crippen molar-refractivity contribution in [2.24, 2.45) is 17.6 Å². The van der Waals surface area contributed by atoms with Gasteiger partial charge in [0.2, 0.25) is 0 Å². The van der Waals surface area contributed by atoms with E-state index in [0.29, 0.717) is 24.4 Å². The Morgan fingerprint density at radius 2 is 1.50 bits per heavy atom. The minimum Gasteiger partial charge on any atom is -0.329 e. The van der Waals surface area contributed by atoms with Gasteiger partial charge in [0.25, 0.3) is 0 Å². The Bertz CT molecular complexity index is 400. The first-order chi connectivity index (χ1) is 9.35. The normalized spacial score (nSPS) is 13.5. The molecule has 2 nitrogen and oxygen atoms in total. The zero-order valence-electron chi connectivity index (χ0n) is 14.1. The summed E-state index contributed by atoms with van der Waals surface area (Å²) in [6.45, 7) is 16.4. The van der Waals surface area contributed by atoms with Gasteiger partial charge in [-0.1, -0.05) is 45.9 Å². The second-order valence-electron chi connectivity index (χ2n) is 6.84. The molecule has 0 bridgehead atoms. The highest BCUT2D eigenvalue weighted by atomic mass is 15.2. The molecule has 0 spiro atoms. The topological polar surface area (TPSA) is 29.3 Å². The van der Waals surface area contributed by atoms with Crippen LogP contribution in [0.3, 0.4) is 0 Å². The molecule has 0 fully saturated rings. The summed E-state index contributed by atoms with van der Waals surface area (Å²) in [6, 6.07) is 7.10. The van der Waals surface area contributed by atoms with Gasteiger partial charge in [-0.15, -0.1) is 0 Å². The summed E-state index contributed by atoms with van der Waals surface area (Å²) in [4.78, 5) is 2.55. The minimum absolute atomic E-state index is 0.332. The fourth-order valence-corrected chi connectivity index (χ4v) is 2.73. The van der Waals surface area contributed by atoms with Crippen LogP contribution in [0.2, 0.25) is 0 Å². The molecule has 1 aromatic rings. The van der Waals surface area contributed by atoms with Crippen molar-refractivity contribution in [3.63, 3.8) is 0 Å². The van der Waals surface area contributed by atoms with Gasteiger partial charge in [-0.05, 0) is 42.4 Å². The Balaban J connectivity index is 3.01.